The van der Waals surface area contributed by atoms with Gasteiger partial charge in [-0.2, -0.15) is 0 Å². The van der Waals surface area contributed by atoms with Gasteiger partial charge in [0.1, 0.15) is 0 Å². The lowest BCUT2D eigenvalue weighted by molar-refractivity contribution is 0.319. The lowest BCUT2D eigenvalue weighted by Crippen LogP contribution is -2.30. The van der Waals surface area contributed by atoms with Crippen LogP contribution < -0.4 is 14.8 Å². The average molecular weight is 280 g/mol. The molecule has 1 N–H and O–H groups in total. The molecule has 1 aromatic rings. The van der Waals surface area contributed by atoms with Gasteiger partial charge in [-0.15, -0.1) is 0 Å². The third-order valence-corrected chi connectivity index (χ3v) is 3.12. The van der Waals surface area contributed by atoms with E-state index in [1.54, 1.807) is 14.2 Å². The molecule has 0 aliphatic heterocycles. The van der Waals surface area contributed by atoms with Crippen LogP contribution in [0.4, 0.5) is 0 Å². The van der Waals surface area contributed by atoms with Crippen molar-refractivity contribution in [1.29, 1.82) is 0 Å². The summed E-state index contributed by atoms with van der Waals surface area (Å²) < 4.78 is 10.6. The van der Waals surface area contributed by atoms with Crippen molar-refractivity contribution in [3.63, 3.8) is 0 Å². The van der Waals surface area contributed by atoms with Crippen molar-refractivity contribution in [1.82, 2.24) is 10.2 Å². The molecule has 0 atom stereocenters. The molecule has 1 rings (SSSR count). The number of hydrogen-bond donors (Lipinski definition) is 1. The summed E-state index contributed by atoms with van der Waals surface area (Å²) in [6, 6.07) is 6.08. The standard InChI is InChI=1S/C16H28N2O2/c1-13(2)11-17-8-9-18(3)12-14-6-7-15(19-4)16(10-14)20-5/h6-7,10,13,17H,8-9,11-12H2,1-5H3. The van der Waals surface area contributed by atoms with Gasteiger partial charge in [0.05, 0.1) is 14.2 Å². The van der Waals surface area contributed by atoms with E-state index in [2.05, 4.69) is 37.2 Å². The third-order valence-electron chi connectivity index (χ3n) is 3.12. The van der Waals surface area contributed by atoms with Gasteiger partial charge in [0.15, 0.2) is 11.5 Å². The second kappa shape index (κ2) is 8.82. The summed E-state index contributed by atoms with van der Waals surface area (Å²) in [7, 11) is 5.46. The quantitative estimate of drug-likeness (QED) is 0.704. The summed E-state index contributed by atoms with van der Waals surface area (Å²) in [4.78, 5) is 2.30. The van der Waals surface area contributed by atoms with Crippen molar-refractivity contribution in [3.8, 4) is 11.5 Å². The van der Waals surface area contributed by atoms with Gasteiger partial charge in [-0.05, 0) is 37.2 Å². The van der Waals surface area contributed by atoms with E-state index in [9.17, 15) is 0 Å². The van der Waals surface area contributed by atoms with Crippen LogP contribution in [0, 0.1) is 5.92 Å². The maximum absolute atomic E-state index is 5.33. The smallest absolute Gasteiger partial charge is 0.161 e. The van der Waals surface area contributed by atoms with Crippen LogP contribution in [0.1, 0.15) is 19.4 Å². The lowest BCUT2D eigenvalue weighted by atomic mass is 10.2. The first-order valence-corrected chi connectivity index (χ1v) is 7.17. The maximum Gasteiger partial charge on any atom is 0.161 e. The monoisotopic (exact) mass is 280 g/mol. The predicted molar refractivity (Wildman–Crippen MR) is 83.6 cm³/mol. The molecule has 0 saturated heterocycles. The van der Waals surface area contributed by atoms with Crippen LogP contribution >= 0.6 is 0 Å². The molecule has 1 aromatic carbocycles. The van der Waals surface area contributed by atoms with Gasteiger partial charge in [0, 0.05) is 19.6 Å². The van der Waals surface area contributed by atoms with E-state index in [1.807, 2.05) is 12.1 Å². The first kappa shape index (κ1) is 16.8. The molecule has 0 fully saturated rings. The fourth-order valence-corrected chi connectivity index (χ4v) is 2.03. The number of nitrogens with zero attached hydrogens (tertiary/aromatic N) is 1. The summed E-state index contributed by atoms with van der Waals surface area (Å²) in [5.41, 5.74) is 1.23. The molecule has 114 valence electrons. The number of benzene rings is 1. The second-order valence-electron chi connectivity index (χ2n) is 5.53. The molecule has 4 heteroatoms. The largest absolute Gasteiger partial charge is 0.493 e. The molecular formula is C16H28N2O2. The topological polar surface area (TPSA) is 33.7 Å². The first-order valence-electron chi connectivity index (χ1n) is 7.17. The van der Waals surface area contributed by atoms with Gasteiger partial charge < -0.3 is 19.7 Å². The van der Waals surface area contributed by atoms with Gasteiger partial charge in [-0.1, -0.05) is 19.9 Å². The maximum atomic E-state index is 5.33. The van der Waals surface area contributed by atoms with Crippen molar-refractivity contribution in [3.05, 3.63) is 23.8 Å². The first-order chi connectivity index (χ1) is 9.56. The SMILES string of the molecule is COc1ccc(CN(C)CCNCC(C)C)cc1OC. The van der Waals surface area contributed by atoms with Gasteiger partial charge in [-0.25, -0.2) is 0 Å². The van der Waals surface area contributed by atoms with E-state index < -0.39 is 0 Å². The molecule has 0 radical (unpaired) electrons. The van der Waals surface area contributed by atoms with Crippen LogP contribution in [0.25, 0.3) is 0 Å². The molecular weight excluding hydrogens is 252 g/mol. The normalized spacial score (nSPS) is 11.2. The molecule has 0 aliphatic rings. The fourth-order valence-electron chi connectivity index (χ4n) is 2.03. The van der Waals surface area contributed by atoms with E-state index in [1.165, 1.54) is 5.56 Å². The van der Waals surface area contributed by atoms with Crippen LogP contribution in [-0.4, -0.2) is 45.8 Å². The molecule has 0 spiro atoms. The average Bonchev–Trinajstić information content (AvgIpc) is 2.43. The Bertz CT molecular complexity index is 394. The van der Waals surface area contributed by atoms with E-state index in [-0.39, 0.29) is 0 Å². The Balaban J connectivity index is 2.43. The Hall–Kier alpha value is -1.26. The van der Waals surface area contributed by atoms with E-state index >= 15 is 0 Å². The number of nitrogens with one attached hydrogen (secondary N) is 1. The summed E-state index contributed by atoms with van der Waals surface area (Å²) in [6.45, 7) is 8.47. The van der Waals surface area contributed by atoms with E-state index in [4.69, 9.17) is 9.47 Å². The Morgan fingerprint density at radius 1 is 1.15 bits per heavy atom. The zero-order valence-corrected chi connectivity index (χ0v) is 13.4. The zero-order chi connectivity index (χ0) is 15.0. The number of methoxy groups -OCH3 is 2. The van der Waals surface area contributed by atoms with Crippen molar-refractivity contribution >= 4 is 0 Å². The van der Waals surface area contributed by atoms with E-state index in [0.717, 1.165) is 37.7 Å². The second-order valence-corrected chi connectivity index (χ2v) is 5.53. The van der Waals surface area contributed by atoms with Crippen molar-refractivity contribution in [2.24, 2.45) is 5.92 Å². The van der Waals surface area contributed by atoms with Crippen LogP contribution in [0.15, 0.2) is 18.2 Å². The Morgan fingerprint density at radius 2 is 1.85 bits per heavy atom. The van der Waals surface area contributed by atoms with Gasteiger partial charge >= 0.3 is 0 Å². The Labute approximate surface area is 123 Å². The van der Waals surface area contributed by atoms with Crippen molar-refractivity contribution < 1.29 is 9.47 Å². The molecule has 4 nitrogen and oxygen atoms in total. The van der Waals surface area contributed by atoms with Gasteiger partial charge in [-0.3, -0.25) is 0 Å². The van der Waals surface area contributed by atoms with Crippen molar-refractivity contribution in [2.45, 2.75) is 20.4 Å². The summed E-state index contributed by atoms with van der Waals surface area (Å²) in [5.74, 6) is 2.26. The summed E-state index contributed by atoms with van der Waals surface area (Å²) in [5, 5.41) is 3.46. The summed E-state index contributed by atoms with van der Waals surface area (Å²) in [6.07, 6.45) is 0. The number of ether oxygens (including phenoxy) is 2. The number of rotatable bonds is 9. The minimum atomic E-state index is 0.700. The highest BCUT2D eigenvalue weighted by molar-refractivity contribution is 5.42. The zero-order valence-electron chi connectivity index (χ0n) is 13.4. The molecule has 0 aromatic heterocycles. The number of hydrogen-bond acceptors (Lipinski definition) is 4. The lowest BCUT2D eigenvalue weighted by Gasteiger charge is -2.18. The highest BCUT2D eigenvalue weighted by Crippen LogP contribution is 2.27. The minimum Gasteiger partial charge on any atom is -0.493 e. The van der Waals surface area contributed by atoms with Crippen LogP contribution in [0.5, 0.6) is 11.5 Å². The highest BCUT2D eigenvalue weighted by atomic mass is 16.5. The van der Waals surface area contributed by atoms with Crippen LogP contribution in [0.2, 0.25) is 0 Å². The molecule has 0 saturated carbocycles. The van der Waals surface area contributed by atoms with Crippen LogP contribution in [-0.2, 0) is 6.54 Å². The molecule has 0 aliphatic carbocycles. The number of likely N-dealkylation sites (N-methyl/N-ethyl adjacent to an activating group) is 1. The molecule has 0 bridgehead atoms. The Morgan fingerprint density at radius 3 is 2.45 bits per heavy atom. The van der Waals surface area contributed by atoms with Gasteiger partial charge in [0.2, 0.25) is 0 Å². The van der Waals surface area contributed by atoms with E-state index in [0.29, 0.717) is 5.92 Å². The van der Waals surface area contributed by atoms with Crippen molar-refractivity contribution in [2.75, 3.05) is 40.9 Å². The summed E-state index contributed by atoms with van der Waals surface area (Å²) >= 11 is 0. The Kier molecular flexibility index (Phi) is 7.41. The third kappa shape index (κ3) is 5.80. The molecule has 0 amide bonds. The predicted octanol–water partition coefficient (Wildman–Crippen LogP) is 2.38. The highest BCUT2D eigenvalue weighted by Gasteiger charge is 2.06. The van der Waals surface area contributed by atoms with Crippen LogP contribution in [0.3, 0.4) is 0 Å². The molecule has 0 heterocycles. The molecule has 20 heavy (non-hydrogen) atoms. The minimum absolute atomic E-state index is 0.700. The van der Waals surface area contributed by atoms with Gasteiger partial charge in [0.25, 0.3) is 0 Å². The fraction of sp³-hybridized carbons (Fsp3) is 0.625. The molecule has 0 unspecified atom stereocenters.